The number of halogens is 2. The number of benzene rings is 2. The molecule has 0 aliphatic carbocycles. The predicted octanol–water partition coefficient (Wildman–Crippen LogP) is 4.05. The molecule has 2 heterocycles. The van der Waals surface area contributed by atoms with Crippen LogP contribution in [-0.2, 0) is 10.0 Å². The Labute approximate surface area is 166 Å². The van der Waals surface area contributed by atoms with Crippen LogP contribution in [0.15, 0.2) is 53.9 Å². The maximum absolute atomic E-state index is 12.3. The van der Waals surface area contributed by atoms with Crippen molar-refractivity contribution >= 4 is 50.0 Å². The van der Waals surface area contributed by atoms with Crippen LogP contribution in [0.2, 0.25) is 10.0 Å². The SMILES string of the molecule is CS(=O)(=O)N1N=C(c2cc(Cl)ccc2Cl)C[C@@H]1c1ccc2nccnc2c1. The van der Waals surface area contributed by atoms with Gasteiger partial charge in [0.1, 0.15) is 0 Å². The van der Waals surface area contributed by atoms with Crippen LogP contribution in [0.5, 0.6) is 0 Å². The predicted molar refractivity (Wildman–Crippen MR) is 107 cm³/mol. The minimum atomic E-state index is -3.58. The Morgan fingerprint density at radius 3 is 2.52 bits per heavy atom. The number of rotatable bonds is 3. The van der Waals surface area contributed by atoms with E-state index in [2.05, 4.69) is 15.1 Å². The van der Waals surface area contributed by atoms with Gasteiger partial charge in [-0.25, -0.2) is 8.42 Å². The zero-order chi connectivity index (χ0) is 19.2. The molecule has 0 spiro atoms. The lowest BCUT2D eigenvalue weighted by Crippen LogP contribution is -2.25. The Bertz CT molecular complexity index is 1180. The van der Waals surface area contributed by atoms with E-state index in [1.54, 1.807) is 30.6 Å². The van der Waals surface area contributed by atoms with Gasteiger partial charge in [-0.05, 0) is 35.9 Å². The van der Waals surface area contributed by atoms with E-state index in [4.69, 9.17) is 23.2 Å². The fourth-order valence-corrected chi connectivity index (χ4v) is 4.42. The van der Waals surface area contributed by atoms with Crippen molar-refractivity contribution in [2.75, 3.05) is 6.26 Å². The van der Waals surface area contributed by atoms with Crippen molar-refractivity contribution in [3.05, 3.63) is 70.0 Å². The molecule has 4 rings (SSSR count). The van der Waals surface area contributed by atoms with Crippen LogP contribution in [0.3, 0.4) is 0 Å². The van der Waals surface area contributed by atoms with Gasteiger partial charge in [0.15, 0.2) is 0 Å². The van der Waals surface area contributed by atoms with Crippen molar-refractivity contribution in [1.82, 2.24) is 14.4 Å². The standard InChI is InChI=1S/C18H14Cl2N4O2S/c1-27(25,26)24-18(11-2-5-15-17(8-11)22-7-6-21-15)10-16(23-24)13-9-12(19)3-4-14(13)20/h2-9,18H,10H2,1H3/t18-/m1/s1. The highest BCUT2D eigenvalue weighted by Gasteiger charge is 2.35. The maximum Gasteiger partial charge on any atom is 0.247 e. The third-order valence-electron chi connectivity index (χ3n) is 4.33. The highest BCUT2D eigenvalue weighted by molar-refractivity contribution is 7.88. The van der Waals surface area contributed by atoms with Crippen molar-refractivity contribution in [2.24, 2.45) is 5.10 Å². The summed E-state index contributed by atoms with van der Waals surface area (Å²) in [6.07, 6.45) is 4.72. The highest BCUT2D eigenvalue weighted by atomic mass is 35.5. The molecular weight excluding hydrogens is 407 g/mol. The van der Waals surface area contributed by atoms with Gasteiger partial charge >= 0.3 is 0 Å². The molecule has 6 nitrogen and oxygen atoms in total. The molecule has 0 fully saturated rings. The zero-order valence-electron chi connectivity index (χ0n) is 14.2. The van der Waals surface area contributed by atoms with Gasteiger partial charge < -0.3 is 0 Å². The molecule has 1 aliphatic rings. The van der Waals surface area contributed by atoms with Gasteiger partial charge in [0.2, 0.25) is 10.0 Å². The van der Waals surface area contributed by atoms with E-state index in [0.29, 0.717) is 33.3 Å². The van der Waals surface area contributed by atoms with Crippen LogP contribution in [-0.4, -0.2) is 34.8 Å². The summed E-state index contributed by atoms with van der Waals surface area (Å²) in [4.78, 5) is 8.54. The third-order valence-corrected chi connectivity index (χ3v) is 5.91. The van der Waals surface area contributed by atoms with Gasteiger partial charge in [-0.3, -0.25) is 9.97 Å². The van der Waals surface area contributed by atoms with Gasteiger partial charge in [-0.2, -0.15) is 9.52 Å². The molecule has 0 radical (unpaired) electrons. The zero-order valence-corrected chi connectivity index (χ0v) is 16.5. The third kappa shape index (κ3) is 3.50. The number of hydrazone groups is 1. The first-order valence-corrected chi connectivity index (χ1v) is 10.7. The minimum absolute atomic E-state index is 0.374. The van der Waals surface area contributed by atoms with E-state index in [1.807, 2.05) is 18.2 Å². The summed E-state index contributed by atoms with van der Waals surface area (Å²) in [5.41, 5.74) is 3.41. The molecule has 0 amide bonds. The van der Waals surface area contributed by atoms with E-state index in [0.717, 1.165) is 21.8 Å². The number of sulfonamides is 1. The average molecular weight is 421 g/mol. The van der Waals surface area contributed by atoms with Crippen LogP contribution < -0.4 is 0 Å². The minimum Gasteiger partial charge on any atom is -0.253 e. The summed E-state index contributed by atoms with van der Waals surface area (Å²) in [6.45, 7) is 0. The summed E-state index contributed by atoms with van der Waals surface area (Å²) in [6, 6.07) is 10.1. The Balaban J connectivity index is 1.80. The van der Waals surface area contributed by atoms with Crippen molar-refractivity contribution in [2.45, 2.75) is 12.5 Å². The molecule has 1 aliphatic heterocycles. The number of aromatic nitrogens is 2. The molecule has 0 saturated heterocycles. The molecule has 0 bridgehead atoms. The van der Waals surface area contributed by atoms with Gasteiger partial charge in [-0.15, -0.1) is 0 Å². The van der Waals surface area contributed by atoms with Crippen molar-refractivity contribution in [3.8, 4) is 0 Å². The molecule has 138 valence electrons. The van der Waals surface area contributed by atoms with Crippen LogP contribution in [0.4, 0.5) is 0 Å². The maximum atomic E-state index is 12.3. The molecule has 9 heteroatoms. The monoisotopic (exact) mass is 420 g/mol. The molecule has 27 heavy (non-hydrogen) atoms. The van der Waals surface area contributed by atoms with Crippen LogP contribution in [0, 0.1) is 0 Å². The molecule has 3 aromatic rings. The normalized spacial score (nSPS) is 17.4. The van der Waals surface area contributed by atoms with E-state index in [-0.39, 0.29) is 0 Å². The van der Waals surface area contributed by atoms with E-state index in [9.17, 15) is 8.42 Å². The summed E-state index contributed by atoms with van der Waals surface area (Å²) in [5, 5.41) is 5.33. The van der Waals surface area contributed by atoms with Gasteiger partial charge in [0.25, 0.3) is 0 Å². The first kappa shape index (κ1) is 18.2. The summed E-state index contributed by atoms with van der Waals surface area (Å²) in [5.74, 6) is 0. The first-order chi connectivity index (χ1) is 12.8. The second kappa shape index (κ2) is 6.74. The molecule has 0 N–H and O–H groups in total. The van der Waals surface area contributed by atoms with Gasteiger partial charge in [0, 0.05) is 34.4 Å². The number of nitrogens with zero attached hydrogens (tertiary/aromatic N) is 4. The Morgan fingerprint density at radius 2 is 1.78 bits per heavy atom. The van der Waals surface area contributed by atoms with Crippen molar-refractivity contribution < 1.29 is 8.42 Å². The lowest BCUT2D eigenvalue weighted by atomic mass is 9.98. The number of hydrogen-bond acceptors (Lipinski definition) is 5. The van der Waals surface area contributed by atoms with Crippen LogP contribution in [0.1, 0.15) is 23.6 Å². The lowest BCUT2D eigenvalue weighted by molar-refractivity contribution is 0.375. The number of hydrogen-bond donors (Lipinski definition) is 0. The molecule has 2 aromatic carbocycles. The van der Waals surface area contributed by atoms with E-state index >= 15 is 0 Å². The average Bonchev–Trinajstić information content (AvgIpc) is 3.09. The summed E-state index contributed by atoms with van der Waals surface area (Å²) < 4.78 is 25.8. The molecule has 0 saturated carbocycles. The fraction of sp³-hybridized carbons (Fsp3) is 0.167. The van der Waals surface area contributed by atoms with Crippen molar-refractivity contribution in [3.63, 3.8) is 0 Å². The van der Waals surface area contributed by atoms with E-state index < -0.39 is 16.1 Å². The van der Waals surface area contributed by atoms with Crippen LogP contribution >= 0.6 is 23.2 Å². The summed E-state index contributed by atoms with van der Waals surface area (Å²) in [7, 11) is -3.58. The quantitative estimate of drug-likeness (QED) is 0.640. The largest absolute Gasteiger partial charge is 0.253 e. The van der Waals surface area contributed by atoms with Gasteiger partial charge in [-0.1, -0.05) is 29.3 Å². The van der Waals surface area contributed by atoms with Crippen molar-refractivity contribution in [1.29, 1.82) is 0 Å². The van der Waals surface area contributed by atoms with Crippen LogP contribution in [0.25, 0.3) is 11.0 Å². The smallest absolute Gasteiger partial charge is 0.247 e. The Hall–Kier alpha value is -2.22. The Morgan fingerprint density at radius 1 is 1.04 bits per heavy atom. The molecule has 1 aromatic heterocycles. The summed E-state index contributed by atoms with van der Waals surface area (Å²) >= 11 is 12.4. The lowest BCUT2D eigenvalue weighted by Gasteiger charge is -2.21. The second-order valence-corrected chi connectivity index (χ2v) is 8.91. The van der Waals surface area contributed by atoms with E-state index in [1.165, 1.54) is 0 Å². The molecular formula is C18H14Cl2N4O2S. The topological polar surface area (TPSA) is 75.5 Å². The number of fused-ring (bicyclic) bond motifs is 1. The Kier molecular flexibility index (Phi) is 4.53. The molecule has 0 unspecified atom stereocenters. The first-order valence-electron chi connectivity index (χ1n) is 8.06. The highest BCUT2D eigenvalue weighted by Crippen LogP contribution is 2.37. The molecule has 1 atom stereocenters. The van der Waals surface area contributed by atoms with Gasteiger partial charge in [0.05, 0.1) is 29.0 Å². The second-order valence-electron chi connectivity index (χ2n) is 6.23. The fourth-order valence-electron chi connectivity index (χ4n) is 3.11.